The largest absolute Gasteiger partial charge is 0.493 e. The highest BCUT2D eigenvalue weighted by Crippen LogP contribution is 2.33. The number of fused-ring (bicyclic) bond motifs is 1. The Balaban J connectivity index is 1.85. The number of hydrogen-bond acceptors (Lipinski definition) is 4. The molecule has 0 bridgehead atoms. The second-order valence-corrected chi connectivity index (χ2v) is 6.38. The predicted octanol–water partition coefficient (Wildman–Crippen LogP) is 3.65. The lowest BCUT2D eigenvalue weighted by Gasteiger charge is -2.29. The SMILES string of the molecule is CCCN1C(=O)CCc2cc(NC(=O)c3cccc(OC)c3OC)ccc21. The smallest absolute Gasteiger partial charge is 0.259 e. The van der Waals surface area contributed by atoms with E-state index in [2.05, 4.69) is 12.2 Å². The molecule has 6 heteroatoms. The number of carbonyl (C=O) groups excluding carboxylic acids is 2. The predicted molar refractivity (Wildman–Crippen MR) is 105 cm³/mol. The standard InChI is InChI=1S/C21H24N2O4/c1-4-12-23-17-10-9-15(13-14(17)8-11-19(23)24)22-21(25)16-6-5-7-18(26-2)20(16)27-3/h5-7,9-10,13H,4,8,11-12H2,1-3H3,(H,22,25). The van der Waals surface area contributed by atoms with Gasteiger partial charge in [0.2, 0.25) is 5.91 Å². The molecule has 2 amide bonds. The Bertz CT molecular complexity index is 863. The van der Waals surface area contributed by atoms with Gasteiger partial charge in [0.05, 0.1) is 19.8 Å². The molecule has 3 rings (SSSR count). The van der Waals surface area contributed by atoms with Crippen molar-refractivity contribution in [1.82, 2.24) is 0 Å². The quantitative estimate of drug-likeness (QED) is 0.845. The fourth-order valence-corrected chi connectivity index (χ4v) is 3.37. The van der Waals surface area contributed by atoms with Crippen LogP contribution >= 0.6 is 0 Å². The Labute approximate surface area is 159 Å². The summed E-state index contributed by atoms with van der Waals surface area (Å²) in [5.41, 5.74) is 3.09. The van der Waals surface area contributed by atoms with Crippen LogP contribution in [0, 0.1) is 0 Å². The molecule has 1 aliphatic heterocycles. The lowest BCUT2D eigenvalue weighted by atomic mass is 10.00. The highest BCUT2D eigenvalue weighted by atomic mass is 16.5. The van der Waals surface area contributed by atoms with Crippen molar-refractivity contribution in [1.29, 1.82) is 0 Å². The summed E-state index contributed by atoms with van der Waals surface area (Å²) in [5.74, 6) is 0.782. The van der Waals surface area contributed by atoms with Gasteiger partial charge in [0.1, 0.15) is 0 Å². The first-order valence-corrected chi connectivity index (χ1v) is 9.04. The highest BCUT2D eigenvalue weighted by molar-refractivity contribution is 6.07. The minimum Gasteiger partial charge on any atom is -0.493 e. The van der Waals surface area contributed by atoms with E-state index < -0.39 is 0 Å². The van der Waals surface area contributed by atoms with Gasteiger partial charge in [-0.2, -0.15) is 0 Å². The maximum Gasteiger partial charge on any atom is 0.259 e. The lowest BCUT2D eigenvalue weighted by molar-refractivity contribution is -0.118. The third kappa shape index (κ3) is 3.74. The van der Waals surface area contributed by atoms with Crippen LogP contribution in [0.1, 0.15) is 35.7 Å². The second kappa shape index (κ2) is 8.12. The fourth-order valence-electron chi connectivity index (χ4n) is 3.37. The van der Waals surface area contributed by atoms with E-state index in [4.69, 9.17) is 9.47 Å². The van der Waals surface area contributed by atoms with E-state index in [0.717, 1.165) is 17.7 Å². The maximum absolute atomic E-state index is 12.7. The van der Waals surface area contributed by atoms with E-state index in [-0.39, 0.29) is 11.8 Å². The number of amides is 2. The van der Waals surface area contributed by atoms with Crippen molar-refractivity contribution < 1.29 is 19.1 Å². The van der Waals surface area contributed by atoms with Gasteiger partial charge < -0.3 is 19.7 Å². The molecular formula is C21H24N2O4. The summed E-state index contributed by atoms with van der Waals surface area (Å²) in [4.78, 5) is 26.7. The minimum atomic E-state index is -0.275. The summed E-state index contributed by atoms with van der Waals surface area (Å²) >= 11 is 0. The van der Waals surface area contributed by atoms with E-state index in [9.17, 15) is 9.59 Å². The fraction of sp³-hybridized carbons (Fsp3) is 0.333. The number of aryl methyl sites for hydroxylation is 1. The van der Waals surface area contributed by atoms with E-state index in [0.29, 0.717) is 42.1 Å². The first-order chi connectivity index (χ1) is 13.1. The number of rotatable bonds is 6. The first kappa shape index (κ1) is 18.8. The Morgan fingerprint density at radius 3 is 2.67 bits per heavy atom. The molecule has 0 spiro atoms. The summed E-state index contributed by atoms with van der Waals surface area (Å²) < 4.78 is 10.6. The van der Waals surface area contributed by atoms with Gasteiger partial charge in [-0.1, -0.05) is 13.0 Å². The number of para-hydroxylation sites is 1. The zero-order chi connectivity index (χ0) is 19.4. The summed E-state index contributed by atoms with van der Waals surface area (Å²) in [6.45, 7) is 2.76. The molecule has 0 fully saturated rings. The van der Waals surface area contributed by atoms with Gasteiger partial charge >= 0.3 is 0 Å². The van der Waals surface area contributed by atoms with Gasteiger partial charge in [0.25, 0.3) is 5.91 Å². The van der Waals surface area contributed by atoms with Crippen LogP contribution in [-0.2, 0) is 11.2 Å². The Hall–Kier alpha value is -3.02. The molecule has 142 valence electrons. The maximum atomic E-state index is 12.7. The van der Waals surface area contributed by atoms with E-state index >= 15 is 0 Å². The first-order valence-electron chi connectivity index (χ1n) is 9.04. The van der Waals surface area contributed by atoms with Gasteiger partial charge in [-0.3, -0.25) is 9.59 Å². The van der Waals surface area contributed by atoms with Crippen LogP contribution in [0.4, 0.5) is 11.4 Å². The lowest BCUT2D eigenvalue weighted by Crippen LogP contribution is -2.35. The molecule has 1 heterocycles. The summed E-state index contributed by atoms with van der Waals surface area (Å²) in [6.07, 6.45) is 2.08. The summed E-state index contributed by atoms with van der Waals surface area (Å²) in [6, 6.07) is 10.8. The van der Waals surface area contributed by atoms with Crippen LogP contribution in [0.2, 0.25) is 0 Å². The molecule has 2 aromatic carbocycles. The molecule has 2 aromatic rings. The number of nitrogens with zero attached hydrogens (tertiary/aromatic N) is 1. The van der Waals surface area contributed by atoms with Gasteiger partial charge in [0, 0.05) is 24.3 Å². The molecule has 6 nitrogen and oxygen atoms in total. The van der Waals surface area contributed by atoms with Crippen molar-refractivity contribution in [2.45, 2.75) is 26.2 Å². The highest BCUT2D eigenvalue weighted by Gasteiger charge is 2.24. The molecule has 0 saturated carbocycles. The molecule has 1 aliphatic rings. The number of benzene rings is 2. The summed E-state index contributed by atoms with van der Waals surface area (Å²) in [7, 11) is 3.04. The number of carbonyl (C=O) groups is 2. The number of nitrogens with one attached hydrogen (secondary N) is 1. The van der Waals surface area contributed by atoms with Crippen molar-refractivity contribution >= 4 is 23.2 Å². The average molecular weight is 368 g/mol. The Morgan fingerprint density at radius 2 is 1.96 bits per heavy atom. The van der Waals surface area contributed by atoms with Gasteiger partial charge in [-0.15, -0.1) is 0 Å². The minimum absolute atomic E-state index is 0.155. The number of ether oxygens (including phenoxy) is 2. The molecule has 0 aliphatic carbocycles. The Kier molecular flexibility index (Phi) is 5.64. The normalized spacial score (nSPS) is 13.1. The van der Waals surface area contributed by atoms with E-state index in [1.807, 2.05) is 23.1 Å². The van der Waals surface area contributed by atoms with E-state index in [1.54, 1.807) is 18.2 Å². The van der Waals surface area contributed by atoms with Crippen LogP contribution in [0.15, 0.2) is 36.4 Å². The molecule has 0 saturated heterocycles. The van der Waals surface area contributed by atoms with Crippen LogP contribution < -0.4 is 19.7 Å². The number of methoxy groups -OCH3 is 2. The topological polar surface area (TPSA) is 67.9 Å². The monoisotopic (exact) mass is 368 g/mol. The number of hydrogen-bond donors (Lipinski definition) is 1. The van der Waals surface area contributed by atoms with E-state index in [1.165, 1.54) is 14.2 Å². The van der Waals surface area contributed by atoms with Gasteiger partial charge in [0.15, 0.2) is 11.5 Å². The van der Waals surface area contributed by atoms with Crippen LogP contribution in [0.5, 0.6) is 11.5 Å². The van der Waals surface area contributed by atoms with Crippen LogP contribution in [0.25, 0.3) is 0 Å². The Morgan fingerprint density at radius 1 is 1.15 bits per heavy atom. The third-order valence-electron chi connectivity index (χ3n) is 4.63. The summed E-state index contributed by atoms with van der Waals surface area (Å²) in [5, 5.41) is 2.91. The molecule has 0 unspecified atom stereocenters. The van der Waals surface area contributed by atoms with Gasteiger partial charge in [-0.05, 0) is 48.7 Å². The van der Waals surface area contributed by atoms with Crippen molar-refractivity contribution in [2.75, 3.05) is 31.0 Å². The zero-order valence-corrected chi connectivity index (χ0v) is 15.9. The van der Waals surface area contributed by atoms with Crippen molar-refractivity contribution in [2.24, 2.45) is 0 Å². The second-order valence-electron chi connectivity index (χ2n) is 6.38. The van der Waals surface area contributed by atoms with Crippen LogP contribution in [-0.4, -0.2) is 32.6 Å². The third-order valence-corrected chi connectivity index (χ3v) is 4.63. The van der Waals surface area contributed by atoms with Crippen molar-refractivity contribution in [3.05, 3.63) is 47.5 Å². The molecule has 27 heavy (non-hydrogen) atoms. The van der Waals surface area contributed by atoms with Gasteiger partial charge in [-0.25, -0.2) is 0 Å². The number of anilines is 2. The van der Waals surface area contributed by atoms with Crippen LogP contribution in [0.3, 0.4) is 0 Å². The van der Waals surface area contributed by atoms with Crippen molar-refractivity contribution in [3.63, 3.8) is 0 Å². The average Bonchev–Trinajstić information content (AvgIpc) is 2.69. The zero-order valence-electron chi connectivity index (χ0n) is 15.9. The molecular weight excluding hydrogens is 344 g/mol. The molecule has 0 aromatic heterocycles. The molecule has 0 atom stereocenters. The molecule has 0 radical (unpaired) electrons. The van der Waals surface area contributed by atoms with Crippen molar-refractivity contribution in [3.8, 4) is 11.5 Å². The molecule has 1 N–H and O–H groups in total.